The third kappa shape index (κ3) is 2.64. The normalized spacial score (nSPS) is 16.0. The van der Waals surface area contributed by atoms with E-state index in [9.17, 15) is 13.2 Å². The number of nitrogens with one attached hydrogen (secondary N) is 2. The molecule has 2 N–H and O–H groups in total. The van der Waals surface area contributed by atoms with Gasteiger partial charge in [-0.2, -0.15) is 0 Å². The summed E-state index contributed by atoms with van der Waals surface area (Å²) in [5.41, 5.74) is 2.43. The molecule has 128 valence electrons. The van der Waals surface area contributed by atoms with Crippen molar-refractivity contribution in [1.29, 1.82) is 0 Å². The third-order valence-corrected chi connectivity index (χ3v) is 5.76. The van der Waals surface area contributed by atoms with Gasteiger partial charge in [0.05, 0.1) is 17.1 Å². The van der Waals surface area contributed by atoms with Crippen LogP contribution in [0.5, 0.6) is 0 Å². The van der Waals surface area contributed by atoms with E-state index in [1.54, 1.807) is 54.3 Å². The molecule has 8 heteroatoms. The zero-order valence-electron chi connectivity index (χ0n) is 13.5. The van der Waals surface area contributed by atoms with E-state index in [2.05, 4.69) is 15.0 Å². The smallest absolute Gasteiger partial charge is 0.307 e. The lowest BCUT2D eigenvalue weighted by atomic mass is 10.1. The molecule has 0 spiro atoms. The number of rotatable bonds is 3. The van der Waals surface area contributed by atoms with Crippen molar-refractivity contribution in [3.63, 3.8) is 0 Å². The molecule has 0 saturated carbocycles. The molecule has 0 fully saturated rings. The second-order valence-electron chi connectivity index (χ2n) is 5.92. The molecule has 2 aromatic rings. The minimum atomic E-state index is -3.69. The van der Waals surface area contributed by atoms with Gasteiger partial charge in [-0.05, 0) is 36.8 Å². The first-order valence-corrected chi connectivity index (χ1v) is 9.30. The zero-order valence-corrected chi connectivity index (χ0v) is 14.3. The fourth-order valence-electron chi connectivity index (χ4n) is 3.03. The van der Waals surface area contributed by atoms with Crippen LogP contribution in [0.3, 0.4) is 0 Å². The summed E-state index contributed by atoms with van der Waals surface area (Å²) in [6, 6.07) is 11.6. The van der Waals surface area contributed by atoms with E-state index < -0.39 is 10.0 Å². The molecule has 25 heavy (non-hydrogen) atoms. The summed E-state index contributed by atoms with van der Waals surface area (Å²) in [4.78, 5) is 18.2. The van der Waals surface area contributed by atoms with Crippen LogP contribution in [0.4, 0.5) is 16.2 Å². The van der Waals surface area contributed by atoms with Gasteiger partial charge in [-0.15, -0.1) is 0 Å². The quantitative estimate of drug-likeness (QED) is 0.885. The van der Waals surface area contributed by atoms with E-state index in [-0.39, 0.29) is 10.9 Å². The van der Waals surface area contributed by atoms with E-state index in [0.717, 1.165) is 0 Å². The number of anilines is 2. The van der Waals surface area contributed by atoms with Crippen molar-refractivity contribution in [2.24, 2.45) is 4.99 Å². The SMILES string of the molecule is Cc1ccccc1S(=O)(=O)Nc1ccc2c(c1)C1=NCCN1C(=O)N2. The fraction of sp³-hybridized carbons (Fsp3) is 0.176. The number of aliphatic imine (C=N–C) groups is 1. The maximum Gasteiger partial charge on any atom is 0.327 e. The topological polar surface area (TPSA) is 90.9 Å². The highest BCUT2D eigenvalue weighted by Crippen LogP contribution is 2.29. The van der Waals surface area contributed by atoms with Crippen LogP contribution < -0.4 is 10.0 Å². The van der Waals surface area contributed by atoms with Crippen molar-refractivity contribution in [3.8, 4) is 0 Å². The monoisotopic (exact) mass is 356 g/mol. The van der Waals surface area contributed by atoms with Crippen LogP contribution >= 0.6 is 0 Å². The van der Waals surface area contributed by atoms with Crippen molar-refractivity contribution in [3.05, 3.63) is 53.6 Å². The van der Waals surface area contributed by atoms with Crippen molar-refractivity contribution < 1.29 is 13.2 Å². The van der Waals surface area contributed by atoms with Gasteiger partial charge in [0.15, 0.2) is 0 Å². The Morgan fingerprint density at radius 3 is 2.80 bits per heavy atom. The molecule has 4 rings (SSSR count). The second kappa shape index (κ2) is 5.59. The Bertz CT molecular complexity index is 1010. The number of carbonyl (C=O) groups is 1. The number of amides is 2. The van der Waals surface area contributed by atoms with E-state index in [4.69, 9.17) is 0 Å². The van der Waals surface area contributed by atoms with Crippen molar-refractivity contribution in [1.82, 2.24) is 4.90 Å². The number of aryl methyl sites for hydroxylation is 1. The Morgan fingerprint density at radius 2 is 2.00 bits per heavy atom. The highest BCUT2D eigenvalue weighted by atomic mass is 32.2. The molecule has 7 nitrogen and oxygen atoms in total. The van der Waals surface area contributed by atoms with Crippen molar-refractivity contribution in [2.45, 2.75) is 11.8 Å². The van der Waals surface area contributed by atoms with Gasteiger partial charge in [-0.25, -0.2) is 13.2 Å². The lowest BCUT2D eigenvalue weighted by molar-refractivity contribution is 0.235. The molecule has 0 radical (unpaired) electrons. The lowest BCUT2D eigenvalue weighted by Crippen LogP contribution is -2.42. The van der Waals surface area contributed by atoms with Crippen LogP contribution in [0, 0.1) is 6.92 Å². The van der Waals surface area contributed by atoms with Gasteiger partial charge >= 0.3 is 6.03 Å². The molecule has 2 aromatic carbocycles. The molecule has 0 atom stereocenters. The maximum absolute atomic E-state index is 12.6. The first kappa shape index (κ1) is 15.6. The largest absolute Gasteiger partial charge is 0.327 e. The Kier molecular flexibility index (Phi) is 3.50. The summed E-state index contributed by atoms with van der Waals surface area (Å²) in [6.45, 7) is 2.82. The predicted molar refractivity (Wildman–Crippen MR) is 95.6 cm³/mol. The summed E-state index contributed by atoms with van der Waals surface area (Å²) < 4.78 is 27.9. The number of hydrogen-bond acceptors (Lipinski definition) is 4. The van der Waals surface area contributed by atoms with Crippen LogP contribution in [0.2, 0.25) is 0 Å². The van der Waals surface area contributed by atoms with E-state index in [0.29, 0.717) is 41.4 Å². The average Bonchev–Trinajstić information content (AvgIpc) is 3.06. The molecule has 2 amide bonds. The summed E-state index contributed by atoms with van der Waals surface area (Å²) in [7, 11) is -3.69. The number of carbonyl (C=O) groups excluding carboxylic acids is 1. The lowest BCUT2D eigenvalue weighted by Gasteiger charge is -2.27. The molecule has 0 bridgehead atoms. The molecule has 0 saturated heterocycles. The Balaban J connectivity index is 1.71. The molecule has 2 heterocycles. The Hall–Kier alpha value is -2.87. The molecule has 2 aliphatic heterocycles. The van der Waals surface area contributed by atoms with Crippen molar-refractivity contribution >= 4 is 33.3 Å². The zero-order chi connectivity index (χ0) is 17.6. The van der Waals surface area contributed by atoms with E-state index in [1.165, 1.54) is 0 Å². The first-order chi connectivity index (χ1) is 12.0. The standard InChI is InChI=1S/C17H16N4O3S/c1-11-4-2-3-5-15(11)25(23,24)20-12-6-7-14-13(10-12)16-18-8-9-21(16)17(22)19-14/h2-7,10,20H,8-9H2,1H3,(H,19,22). The van der Waals surface area contributed by atoms with Crippen LogP contribution in [0.1, 0.15) is 11.1 Å². The van der Waals surface area contributed by atoms with Gasteiger partial charge < -0.3 is 5.32 Å². The number of amidine groups is 1. The molecule has 0 aliphatic carbocycles. The van der Waals surface area contributed by atoms with Crippen molar-refractivity contribution in [2.75, 3.05) is 23.1 Å². The van der Waals surface area contributed by atoms with Gasteiger partial charge in [0.25, 0.3) is 10.0 Å². The number of urea groups is 1. The molecule has 0 aromatic heterocycles. The average molecular weight is 356 g/mol. The second-order valence-corrected chi connectivity index (χ2v) is 7.57. The maximum atomic E-state index is 12.6. The molecular formula is C17H16N4O3S. The fourth-order valence-corrected chi connectivity index (χ4v) is 4.32. The summed E-state index contributed by atoms with van der Waals surface area (Å²) in [5.74, 6) is 0.579. The van der Waals surface area contributed by atoms with Gasteiger partial charge in [-0.1, -0.05) is 18.2 Å². The van der Waals surface area contributed by atoms with Gasteiger partial charge in [-0.3, -0.25) is 14.6 Å². The number of benzene rings is 2. The molecule has 2 aliphatic rings. The van der Waals surface area contributed by atoms with E-state index >= 15 is 0 Å². The summed E-state index contributed by atoms with van der Waals surface area (Å²) in [5, 5.41) is 2.79. The van der Waals surface area contributed by atoms with Crippen LogP contribution in [-0.4, -0.2) is 38.3 Å². The van der Waals surface area contributed by atoms with Gasteiger partial charge in [0.2, 0.25) is 0 Å². The summed E-state index contributed by atoms with van der Waals surface area (Å²) in [6.07, 6.45) is 0. The number of fused-ring (bicyclic) bond motifs is 3. The Labute approximate surface area is 145 Å². The Morgan fingerprint density at radius 1 is 1.20 bits per heavy atom. The van der Waals surface area contributed by atoms with Gasteiger partial charge in [0.1, 0.15) is 5.84 Å². The summed E-state index contributed by atoms with van der Waals surface area (Å²) >= 11 is 0. The number of nitrogens with zero attached hydrogens (tertiary/aromatic N) is 2. The number of hydrogen-bond donors (Lipinski definition) is 2. The number of sulfonamides is 1. The third-order valence-electron chi connectivity index (χ3n) is 4.22. The highest BCUT2D eigenvalue weighted by molar-refractivity contribution is 7.92. The molecule has 0 unspecified atom stereocenters. The first-order valence-electron chi connectivity index (χ1n) is 7.81. The van der Waals surface area contributed by atoms with Crippen LogP contribution in [0.25, 0.3) is 0 Å². The van der Waals surface area contributed by atoms with Crippen LogP contribution in [0.15, 0.2) is 52.4 Å². The minimum absolute atomic E-state index is 0.211. The molecular weight excluding hydrogens is 340 g/mol. The predicted octanol–water partition coefficient (Wildman–Crippen LogP) is 2.40. The van der Waals surface area contributed by atoms with Crippen LogP contribution in [-0.2, 0) is 10.0 Å². The van der Waals surface area contributed by atoms with E-state index in [1.807, 2.05) is 0 Å². The minimum Gasteiger partial charge on any atom is -0.307 e. The highest BCUT2D eigenvalue weighted by Gasteiger charge is 2.32. The van der Waals surface area contributed by atoms with Gasteiger partial charge in [0, 0.05) is 17.8 Å².